The average molecular weight is 443 g/mol. The van der Waals surface area contributed by atoms with E-state index in [1.165, 1.54) is 0 Å². The number of ether oxygens (including phenoxy) is 2. The summed E-state index contributed by atoms with van der Waals surface area (Å²) in [6.45, 7) is 15.3. The Kier molecular flexibility index (Phi) is 6.64. The molecule has 176 valence electrons. The van der Waals surface area contributed by atoms with Crippen molar-refractivity contribution >= 4 is 11.9 Å². The number of nitrogens with zero attached hydrogens (tertiary/aromatic N) is 2. The minimum Gasteiger partial charge on any atom is -0.456 e. The van der Waals surface area contributed by atoms with Crippen molar-refractivity contribution in [3.05, 3.63) is 47.0 Å². The Morgan fingerprint density at radius 3 is 1.31 bits per heavy atom. The second-order valence-corrected chi connectivity index (χ2v) is 10.9. The van der Waals surface area contributed by atoms with Crippen LogP contribution >= 0.6 is 0 Å². The van der Waals surface area contributed by atoms with Gasteiger partial charge >= 0.3 is 11.9 Å². The van der Waals surface area contributed by atoms with Crippen LogP contribution in [0.3, 0.4) is 0 Å². The fourth-order valence-electron chi connectivity index (χ4n) is 4.56. The Balaban J connectivity index is 1.67. The number of aromatic nitrogens is 2. The van der Waals surface area contributed by atoms with Crippen LogP contribution in [0.15, 0.2) is 24.5 Å². The van der Waals surface area contributed by atoms with E-state index in [0.29, 0.717) is 23.2 Å². The Hall–Kier alpha value is -2.50. The molecule has 1 aliphatic rings. The molecule has 2 aromatic rings. The lowest BCUT2D eigenvalue weighted by atomic mass is 9.90. The molecule has 1 aliphatic carbocycles. The highest BCUT2D eigenvalue weighted by molar-refractivity contribution is 5.91. The first kappa shape index (κ1) is 24.1. The molecule has 0 amide bonds. The standard InChI is InChI=1S/C26H38N2O4/c1-17-21(23(29)31-25(3,4)5)13-15-27(17)19-9-11-20(12-10-19)28-16-14-22(18(28)2)24(30)32-26(6,7)8/h13-16,19-20H,9-12H2,1-8H3. The van der Waals surface area contributed by atoms with Gasteiger partial charge in [-0.1, -0.05) is 0 Å². The van der Waals surface area contributed by atoms with Crippen LogP contribution in [0.25, 0.3) is 0 Å². The zero-order chi connectivity index (χ0) is 23.8. The average Bonchev–Trinajstić information content (AvgIpc) is 3.22. The van der Waals surface area contributed by atoms with E-state index in [-0.39, 0.29) is 11.9 Å². The largest absolute Gasteiger partial charge is 0.456 e. The van der Waals surface area contributed by atoms with Gasteiger partial charge in [-0.25, -0.2) is 9.59 Å². The third kappa shape index (κ3) is 5.45. The molecule has 6 heteroatoms. The van der Waals surface area contributed by atoms with Gasteiger partial charge in [0.1, 0.15) is 11.2 Å². The summed E-state index contributed by atoms with van der Waals surface area (Å²) in [4.78, 5) is 25.0. The van der Waals surface area contributed by atoms with Crippen molar-refractivity contribution in [2.45, 2.75) is 104 Å². The lowest BCUT2D eigenvalue weighted by molar-refractivity contribution is 0.00556. The molecule has 0 aliphatic heterocycles. The number of rotatable bonds is 4. The summed E-state index contributed by atoms with van der Waals surface area (Å²) in [5.74, 6) is -0.528. The number of carbonyl (C=O) groups excluding carboxylic acids is 2. The molecule has 0 radical (unpaired) electrons. The van der Waals surface area contributed by atoms with Gasteiger partial charge < -0.3 is 18.6 Å². The van der Waals surface area contributed by atoms with Gasteiger partial charge in [-0.2, -0.15) is 0 Å². The van der Waals surface area contributed by atoms with Crippen LogP contribution in [0.4, 0.5) is 0 Å². The smallest absolute Gasteiger partial charge is 0.340 e. The minimum atomic E-state index is -0.504. The van der Waals surface area contributed by atoms with Crippen LogP contribution in [0, 0.1) is 13.8 Å². The second-order valence-electron chi connectivity index (χ2n) is 10.9. The highest BCUT2D eigenvalue weighted by Gasteiger charge is 2.29. The van der Waals surface area contributed by atoms with Gasteiger partial charge in [0.2, 0.25) is 0 Å². The van der Waals surface area contributed by atoms with Gasteiger partial charge in [-0.05, 0) is 93.2 Å². The predicted molar refractivity (Wildman–Crippen MR) is 125 cm³/mol. The monoisotopic (exact) mass is 442 g/mol. The zero-order valence-corrected chi connectivity index (χ0v) is 20.8. The Morgan fingerprint density at radius 1 is 0.719 bits per heavy atom. The highest BCUT2D eigenvalue weighted by atomic mass is 16.6. The fourth-order valence-corrected chi connectivity index (χ4v) is 4.56. The molecule has 2 aromatic heterocycles. The molecule has 0 saturated heterocycles. The Morgan fingerprint density at radius 2 is 1.03 bits per heavy atom. The number of carbonyl (C=O) groups is 2. The van der Waals surface area contributed by atoms with E-state index in [2.05, 4.69) is 9.13 Å². The van der Waals surface area contributed by atoms with Crippen LogP contribution in [0.1, 0.15) is 111 Å². The van der Waals surface area contributed by atoms with E-state index in [4.69, 9.17) is 9.47 Å². The molecule has 0 aromatic carbocycles. The molecule has 0 spiro atoms. The second kappa shape index (κ2) is 8.80. The molecule has 1 fully saturated rings. The van der Waals surface area contributed by atoms with E-state index in [1.807, 2.05) is 79.9 Å². The Bertz CT molecular complexity index is 896. The minimum absolute atomic E-state index is 0.264. The molecule has 0 atom stereocenters. The van der Waals surface area contributed by atoms with E-state index < -0.39 is 11.2 Å². The van der Waals surface area contributed by atoms with E-state index in [1.54, 1.807) is 0 Å². The lowest BCUT2D eigenvalue weighted by Crippen LogP contribution is -2.25. The summed E-state index contributed by atoms with van der Waals surface area (Å²) < 4.78 is 15.6. The molecule has 0 N–H and O–H groups in total. The molecule has 3 rings (SSSR count). The van der Waals surface area contributed by atoms with Crippen LogP contribution in [-0.4, -0.2) is 32.3 Å². The van der Waals surface area contributed by atoms with E-state index in [0.717, 1.165) is 37.1 Å². The Labute approximate surface area is 191 Å². The predicted octanol–water partition coefficient (Wildman–Crippen LogP) is 6.17. The maximum Gasteiger partial charge on any atom is 0.340 e. The summed E-state index contributed by atoms with van der Waals surface area (Å²) in [6.07, 6.45) is 8.11. The summed E-state index contributed by atoms with van der Waals surface area (Å²) in [5.41, 5.74) is 2.21. The van der Waals surface area contributed by atoms with Crippen molar-refractivity contribution in [2.75, 3.05) is 0 Å². The van der Waals surface area contributed by atoms with Gasteiger partial charge in [-0.3, -0.25) is 0 Å². The topological polar surface area (TPSA) is 62.5 Å². The van der Waals surface area contributed by atoms with Crippen molar-refractivity contribution in [3.63, 3.8) is 0 Å². The van der Waals surface area contributed by atoms with Crippen molar-refractivity contribution in [2.24, 2.45) is 0 Å². The first-order valence-corrected chi connectivity index (χ1v) is 11.6. The van der Waals surface area contributed by atoms with Gasteiger partial charge in [0.25, 0.3) is 0 Å². The maximum absolute atomic E-state index is 12.5. The molecule has 1 saturated carbocycles. The molecule has 2 heterocycles. The van der Waals surface area contributed by atoms with E-state index >= 15 is 0 Å². The zero-order valence-electron chi connectivity index (χ0n) is 20.8. The summed E-state index contributed by atoms with van der Waals surface area (Å²) in [6, 6.07) is 4.48. The third-order valence-corrected chi connectivity index (χ3v) is 6.05. The molecule has 0 unspecified atom stereocenters. The van der Waals surface area contributed by atoms with Crippen molar-refractivity contribution in [1.29, 1.82) is 0 Å². The normalized spacial score (nSPS) is 19.6. The van der Waals surface area contributed by atoms with Gasteiger partial charge in [-0.15, -0.1) is 0 Å². The van der Waals surface area contributed by atoms with Crippen molar-refractivity contribution in [3.8, 4) is 0 Å². The van der Waals surface area contributed by atoms with Crippen LogP contribution in [0.2, 0.25) is 0 Å². The number of hydrogen-bond donors (Lipinski definition) is 0. The number of esters is 2. The summed E-state index contributed by atoms with van der Waals surface area (Å²) in [7, 11) is 0. The number of hydrogen-bond acceptors (Lipinski definition) is 4. The first-order chi connectivity index (χ1) is 14.8. The first-order valence-electron chi connectivity index (χ1n) is 11.6. The molecule has 6 nitrogen and oxygen atoms in total. The quantitative estimate of drug-likeness (QED) is 0.531. The third-order valence-electron chi connectivity index (χ3n) is 6.05. The highest BCUT2D eigenvalue weighted by Crippen LogP contribution is 2.37. The SMILES string of the molecule is Cc1c(C(=O)OC(C)(C)C)ccn1C1CCC(n2ccc(C(=O)OC(C)(C)C)c2C)CC1. The van der Waals surface area contributed by atoms with Gasteiger partial charge in [0, 0.05) is 35.9 Å². The van der Waals surface area contributed by atoms with Crippen molar-refractivity contribution < 1.29 is 19.1 Å². The molecular formula is C26H38N2O4. The maximum atomic E-state index is 12.5. The van der Waals surface area contributed by atoms with Crippen LogP contribution in [0.5, 0.6) is 0 Å². The van der Waals surface area contributed by atoms with Crippen LogP contribution in [-0.2, 0) is 9.47 Å². The molecule has 32 heavy (non-hydrogen) atoms. The fraction of sp³-hybridized carbons (Fsp3) is 0.615. The van der Waals surface area contributed by atoms with Gasteiger partial charge in [0.05, 0.1) is 11.1 Å². The van der Waals surface area contributed by atoms with E-state index in [9.17, 15) is 9.59 Å². The van der Waals surface area contributed by atoms with Crippen molar-refractivity contribution in [1.82, 2.24) is 9.13 Å². The molecule has 0 bridgehead atoms. The van der Waals surface area contributed by atoms with Crippen LogP contribution < -0.4 is 0 Å². The summed E-state index contributed by atoms with van der Waals surface area (Å²) in [5, 5.41) is 0. The summed E-state index contributed by atoms with van der Waals surface area (Å²) >= 11 is 0. The molecular weight excluding hydrogens is 404 g/mol. The van der Waals surface area contributed by atoms with Gasteiger partial charge in [0.15, 0.2) is 0 Å². The lowest BCUT2D eigenvalue weighted by Gasteiger charge is -2.32.